The van der Waals surface area contributed by atoms with Crippen LogP contribution >= 0.6 is 11.6 Å². The Bertz CT molecular complexity index is 1350. The maximum Gasteiger partial charge on any atom is 0.150 e. The SMILES string of the molecule is Fc1cccc(Nc2ncnc3c2c(-c2ccccc2)cn3-c2cccc(Cl)c2)c1. The van der Waals surface area contributed by atoms with E-state index >= 15 is 0 Å². The van der Waals surface area contributed by atoms with Gasteiger partial charge in [-0.05, 0) is 42.0 Å². The van der Waals surface area contributed by atoms with Crippen molar-refractivity contribution in [3.05, 3.63) is 102 Å². The summed E-state index contributed by atoms with van der Waals surface area (Å²) in [4.78, 5) is 9.01. The summed E-state index contributed by atoms with van der Waals surface area (Å²) >= 11 is 6.23. The fourth-order valence-corrected chi connectivity index (χ4v) is 3.70. The second kappa shape index (κ2) is 7.61. The van der Waals surface area contributed by atoms with Crippen LogP contribution in [0, 0.1) is 5.82 Å². The molecule has 30 heavy (non-hydrogen) atoms. The maximum absolute atomic E-state index is 13.7. The predicted octanol–water partition coefficient (Wildman–Crippen LogP) is 6.62. The second-order valence-corrected chi connectivity index (χ2v) is 7.25. The molecule has 0 amide bonds. The summed E-state index contributed by atoms with van der Waals surface area (Å²) < 4.78 is 15.7. The van der Waals surface area contributed by atoms with Crippen LogP contribution < -0.4 is 5.32 Å². The molecule has 0 radical (unpaired) electrons. The minimum absolute atomic E-state index is 0.315. The first-order valence-electron chi connectivity index (χ1n) is 9.39. The number of nitrogens with one attached hydrogen (secondary N) is 1. The summed E-state index contributed by atoms with van der Waals surface area (Å²) in [6, 6.07) is 23.9. The minimum Gasteiger partial charge on any atom is -0.339 e. The molecule has 4 nitrogen and oxygen atoms in total. The van der Waals surface area contributed by atoms with E-state index in [0.29, 0.717) is 16.5 Å². The van der Waals surface area contributed by atoms with Gasteiger partial charge in [0.15, 0.2) is 5.65 Å². The fourth-order valence-electron chi connectivity index (χ4n) is 3.52. The Balaban J connectivity index is 1.76. The van der Waals surface area contributed by atoms with Crippen LogP contribution in [0.15, 0.2) is 91.4 Å². The summed E-state index contributed by atoms with van der Waals surface area (Å²) in [5.74, 6) is 0.287. The van der Waals surface area contributed by atoms with Crippen molar-refractivity contribution in [2.24, 2.45) is 0 Å². The first kappa shape index (κ1) is 18.3. The van der Waals surface area contributed by atoms with Gasteiger partial charge in [-0.2, -0.15) is 0 Å². The van der Waals surface area contributed by atoms with Gasteiger partial charge in [0.1, 0.15) is 18.0 Å². The molecule has 0 spiro atoms. The van der Waals surface area contributed by atoms with E-state index in [2.05, 4.69) is 15.3 Å². The zero-order valence-corrected chi connectivity index (χ0v) is 16.5. The van der Waals surface area contributed by atoms with Crippen LogP contribution in [0.2, 0.25) is 5.02 Å². The van der Waals surface area contributed by atoms with Gasteiger partial charge in [0, 0.05) is 28.2 Å². The average molecular weight is 415 g/mol. The number of halogens is 2. The van der Waals surface area contributed by atoms with Crippen LogP contribution in [0.3, 0.4) is 0 Å². The van der Waals surface area contributed by atoms with Crippen molar-refractivity contribution in [3.63, 3.8) is 0 Å². The van der Waals surface area contributed by atoms with Crippen LogP contribution in [-0.4, -0.2) is 14.5 Å². The molecule has 0 atom stereocenters. The van der Waals surface area contributed by atoms with Gasteiger partial charge in [0.05, 0.1) is 5.39 Å². The van der Waals surface area contributed by atoms with E-state index in [1.54, 1.807) is 12.1 Å². The molecule has 1 N–H and O–H groups in total. The molecule has 0 saturated carbocycles. The monoisotopic (exact) mass is 414 g/mol. The van der Waals surface area contributed by atoms with Gasteiger partial charge in [-0.1, -0.05) is 54.1 Å². The maximum atomic E-state index is 13.7. The molecule has 0 aliphatic rings. The van der Waals surface area contributed by atoms with Crippen molar-refractivity contribution in [3.8, 4) is 16.8 Å². The first-order chi connectivity index (χ1) is 14.7. The van der Waals surface area contributed by atoms with E-state index in [-0.39, 0.29) is 5.82 Å². The normalized spacial score (nSPS) is 11.0. The third kappa shape index (κ3) is 3.40. The molecule has 5 aromatic rings. The van der Waals surface area contributed by atoms with E-state index in [1.807, 2.05) is 65.4 Å². The molecule has 0 aliphatic heterocycles. The van der Waals surface area contributed by atoms with Crippen LogP contribution in [-0.2, 0) is 0 Å². The Hall–Kier alpha value is -3.70. The number of anilines is 2. The summed E-state index contributed by atoms with van der Waals surface area (Å²) in [6.45, 7) is 0. The van der Waals surface area contributed by atoms with Crippen molar-refractivity contribution >= 4 is 34.1 Å². The van der Waals surface area contributed by atoms with Crippen LogP contribution in [0.5, 0.6) is 0 Å². The zero-order valence-electron chi connectivity index (χ0n) is 15.8. The van der Waals surface area contributed by atoms with Crippen molar-refractivity contribution in [2.75, 3.05) is 5.32 Å². The highest BCUT2D eigenvalue weighted by molar-refractivity contribution is 6.30. The highest BCUT2D eigenvalue weighted by Gasteiger charge is 2.17. The van der Waals surface area contributed by atoms with E-state index in [9.17, 15) is 4.39 Å². The van der Waals surface area contributed by atoms with E-state index in [4.69, 9.17) is 11.6 Å². The number of hydrogen-bond donors (Lipinski definition) is 1. The highest BCUT2D eigenvalue weighted by Crippen LogP contribution is 2.36. The molecule has 2 aromatic heterocycles. The van der Waals surface area contributed by atoms with Gasteiger partial charge in [0.25, 0.3) is 0 Å². The van der Waals surface area contributed by atoms with Crippen molar-refractivity contribution in [1.29, 1.82) is 0 Å². The average Bonchev–Trinajstić information content (AvgIpc) is 3.15. The lowest BCUT2D eigenvalue weighted by Gasteiger charge is -2.09. The van der Waals surface area contributed by atoms with Gasteiger partial charge in [0.2, 0.25) is 0 Å². The molecule has 0 saturated heterocycles. The van der Waals surface area contributed by atoms with Gasteiger partial charge >= 0.3 is 0 Å². The van der Waals surface area contributed by atoms with E-state index < -0.39 is 0 Å². The predicted molar refractivity (Wildman–Crippen MR) is 119 cm³/mol. The Labute approximate surface area is 177 Å². The Kier molecular flexibility index (Phi) is 4.65. The minimum atomic E-state index is -0.315. The summed E-state index contributed by atoms with van der Waals surface area (Å²) in [5.41, 5.74) is 4.23. The quantitative estimate of drug-likeness (QED) is 0.359. The lowest BCUT2D eigenvalue weighted by Crippen LogP contribution is -1.98. The standard InChI is InChI=1S/C24H16ClFN4/c25-17-8-4-11-20(12-17)30-14-21(16-6-2-1-3-7-16)22-23(27-15-28-24(22)30)29-19-10-5-9-18(26)13-19/h1-15H,(H,27,28,29). The van der Waals surface area contributed by atoms with Crippen molar-refractivity contribution in [2.45, 2.75) is 0 Å². The largest absolute Gasteiger partial charge is 0.339 e. The number of rotatable bonds is 4. The smallest absolute Gasteiger partial charge is 0.150 e. The Morgan fingerprint density at radius 3 is 2.50 bits per heavy atom. The molecule has 6 heteroatoms. The molecule has 5 rings (SSSR count). The molecule has 0 fully saturated rings. The third-order valence-electron chi connectivity index (χ3n) is 4.84. The van der Waals surface area contributed by atoms with Crippen LogP contribution in [0.1, 0.15) is 0 Å². The summed E-state index contributed by atoms with van der Waals surface area (Å²) in [6.07, 6.45) is 3.52. The third-order valence-corrected chi connectivity index (χ3v) is 5.08. The molecule has 146 valence electrons. The molecule has 2 heterocycles. The number of benzene rings is 3. The van der Waals surface area contributed by atoms with Gasteiger partial charge in [-0.15, -0.1) is 0 Å². The Morgan fingerprint density at radius 1 is 0.867 bits per heavy atom. The number of fused-ring (bicyclic) bond motifs is 1. The number of aromatic nitrogens is 3. The highest BCUT2D eigenvalue weighted by atomic mass is 35.5. The Morgan fingerprint density at radius 2 is 1.70 bits per heavy atom. The topological polar surface area (TPSA) is 42.7 Å². The van der Waals surface area contributed by atoms with Crippen molar-refractivity contribution in [1.82, 2.24) is 14.5 Å². The molecule has 0 aliphatic carbocycles. The number of hydrogen-bond acceptors (Lipinski definition) is 3. The number of nitrogens with zero attached hydrogens (tertiary/aromatic N) is 3. The zero-order chi connectivity index (χ0) is 20.5. The van der Waals surface area contributed by atoms with E-state index in [1.165, 1.54) is 18.5 Å². The molecule has 0 bridgehead atoms. The van der Waals surface area contributed by atoms with Crippen LogP contribution in [0.4, 0.5) is 15.9 Å². The summed E-state index contributed by atoms with van der Waals surface area (Å²) in [5, 5.41) is 4.73. The molecular formula is C24H16ClFN4. The lowest BCUT2D eigenvalue weighted by atomic mass is 10.1. The first-order valence-corrected chi connectivity index (χ1v) is 9.77. The fraction of sp³-hybridized carbons (Fsp3) is 0. The van der Waals surface area contributed by atoms with Crippen LogP contribution in [0.25, 0.3) is 27.8 Å². The lowest BCUT2D eigenvalue weighted by molar-refractivity contribution is 0.628. The van der Waals surface area contributed by atoms with Crippen molar-refractivity contribution < 1.29 is 4.39 Å². The van der Waals surface area contributed by atoms with Gasteiger partial charge in [-0.3, -0.25) is 0 Å². The van der Waals surface area contributed by atoms with Gasteiger partial charge < -0.3 is 9.88 Å². The second-order valence-electron chi connectivity index (χ2n) is 6.81. The molecular weight excluding hydrogens is 399 g/mol. The van der Waals surface area contributed by atoms with Gasteiger partial charge in [-0.25, -0.2) is 14.4 Å². The molecule has 3 aromatic carbocycles. The summed E-state index contributed by atoms with van der Waals surface area (Å²) in [7, 11) is 0. The molecule has 0 unspecified atom stereocenters. The van der Waals surface area contributed by atoms with E-state index in [0.717, 1.165) is 27.8 Å².